The summed E-state index contributed by atoms with van der Waals surface area (Å²) >= 11 is 0. The van der Waals surface area contributed by atoms with Gasteiger partial charge in [-0.15, -0.1) is 0 Å². The molecule has 0 spiro atoms. The molecule has 0 saturated heterocycles. The maximum atomic E-state index is 2.41. The van der Waals surface area contributed by atoms with Gasteiger partial charge in [-0.2, -0.15) is 0 Å². The fraction of sp³-hybridized carbons (Fsp3) is 0.0741. The van der Waals surface area contributed by atoms with E-state index in [9.17, 15) is 0 Å². The smallest absolute Gasteiger partial charge is 0.0568 e. The van der Waals surface area contributed by atoms with E-state index in [4.69, 9.17) is 0 Å². The van der Waals surface area contributed by atoms with Crippen LogP contribution in [0.1, 0.15) is 25.0 Å². The van der Waals surface area contributed by atoms with Crippen LogP contribution in [0.25, 0.3) is 66.7 Å². The highest BCUT2D eigenvalue weighted by atomic mass is 15.1. The molecule has 0 N–H and O–H groups in total. The molecule has 0 fully saturated rings. The van der Waals surface area contributed by atoms with E-state index < -0.39 is 0 Å². The Balaban J connectivity index is 1.08. The summed E-state index contributed by atoms with van der Waals surface area (Å²) in [7, 11) is 2.19. The highest BCUT2D eigenvalue weighted by Gasteiger charge is 2.35. The summed E-state index contributed by atoms with van der Waals surface area (Å²) in [6, 6.07) is 73.0. The van der Waals surface area contributed by atoms with Gasteiger partial charge in [0.2, 0.25) is 0 Å². The van der Waals surface area contributed by atoms with Crippen molar-refractivity contribution in [3.8, 4) is 55.8 Å². The van der Waals surface area contributed by atoms with Crippen LogP contribution in [0.3, 0.4) is 0 Å². The molecule has 268 valence electrons. The number of aryl methyl sites for hydroxylation is 1. The molecule has 56 heavy (non-hydrogen) atoms. The third kappa shape index (κ3) is 5.57. The number of hydrogen-bond donors (Lipinski definition) is 0. The number of aromatic nitrogens is 1. The minimum Gasteiger partial charge on any atom is -0.343 e. The average molecular weight is 719 g/mol. The Kier molecular flexibility index (Phi) is 8.08. The zero-order valence-corrected chi connectivity index (χ0v) is 31.9. The van der Waals surface area contributed by atoms with Gasteiger partial charge in [0.1, 0.15) is 0 Å². The first kappa shape index (κ1) is 33.7. The predicted molar refractivity (Wildman–Crippen MR) is 237 cm³/mol. The first-order chi connectivity index (χ1) is 27.5. The largest absolute Gasteiger partial charge is 0.343 e. The van der Waals surface area contributed by atoms with Crippen LogP contribution < -0.4 is 4.90 Å². The zero-order chi connectivity index (χ0) is 37.8. The highest BCUT2D eigenvalue weighted by Crippen LogP contribution is 2.51. The van der Waals surface area contributed by atoms with Crippen LogP contribution in [0.15, 0.2) is 200 Å². The van der Waals surface area contributed by atoms with Gasteiger partial charge in [0.25, 0.3) is 0 Å². The standard InChI is InChI=1S/C54H42N2/c1-54(2)49-22-14-13-21-46(49)47-33-32-45(36-50(47)54)56(43-28-23-38(24-29-43)37-15-7-4-8-16-37)44-30-25-39(26-31-44)42-27-34-51-48(35-42)52(40-17-9-5-10-18-40)53(55(51)3)41-19-11-6-12-20-41/h4-36H,1-3H3. The molecule has 1 aromatic heterocycles. The lowest BCUT2D eigenvalue weighted by molar-refractivity contribution is 0.660. The van der Waals surface area contributed by atoms with Gasteiger partial charge in [-0.25, -0.2) is 0 Å². The zero-order valence-electron chi connectivity index (χ0n) is 31.9. The molecule has 1 aliphatic carbocycles. The first-order valence-electron chi connectivity index (χ1n) is 19.5. The van der Waals surface area contributed by atoms with Gasteiger partial charge in [0, 0.05) is 46.0 Å². The van der Waals surface area contributed by atoms with Crippen molar-refractivity contribution in [3.05, 3.63) is 211 Å². The predicted octanol–water partition coefficient (Wildman–Crippen LogP) is 14.6. The maximum Gasteiger partial charge on any atom is 0.0568 e. The second-order valence-electron chi connectivity index (χ2n) is 15.4. The molecule has 1 aliphatic rings. The third-order valence-corrected chi connectivity index (χ3v) is 11.8. The molecule has 9 aromatic rings. The topological polar surface area (TPSA) is 8.17 Å². The minimum absolute atomic E-state index is 0.0936. The van der Waals surface area contributed by atoms with Crippen LogP contribution in [0.2, 0.25) is 0 Å². The Morgan fingerprint density at radius 3 is 1.52 bits per heavy atom. The van der Waals surface area contributed by atoms with Crippen molar-refractivity contribution in [2.45, 2.75) is 19.3 Å². The molecule has 0 unspecified atom stereocenters. The van der Waals surface area contributed by atoms with Gasteiger partial charge in [-0.05, 0) is 104 Å². The molecule has 0 atom stereocenters. The number of anilines is 3. The van der Waals surface area contributed by atoms with Crippen molar-refractivity contribution in [3.63, 3.8) is 0 Å². The van der Waals surface area contributed by atoms with E-state index >= 15 is 0 Å². The molecule has 0 aliphatic heterocycles. The van der Waals surface area contributed by atoms with Crippen LogP contribution in [0.5, 0.6) is 0 Å². The van der Waals surface area contributed by atoms with Crippen molar-refractivity contribution in [1.29, 1.82) is 0 Å². The number of nitrogens with zero attached hydrogens (tertiary/aromatic N) is 2. The van der Waals surface area contributed by atoms with Crippen molar-refractivity contribution in [1.82, 2.24) is 4.57 Å². The Bertz CT molecular complexity index is 2850. The fourth-order valence-electron chi connectivity index (χ4n) is 8.97. The van der Waals surface area contributed by atoms with E-state index in [1.165, 1.54) is 77.8 Å². The van der Waals surface area contributed by atoms with Gasteiger partial charge < -0.3 is 9.47 Å². The van der Waals surface area contributed by atoms with Crippen LogP contribution in [-0.2, 0) is 12.5 Å². The Labute approximate surface area is 329 Å². The van der Waals surface area contributed by atoms with Crippen molar-refractivity contribution < 1.29 is 0 Å². The summed E-state index contributed by atoms with van der Waals surface area (Å²) in [6.07, 6.45) is 0. The van der Waals surface area contributed by atoms with Crippen LogP contribution in [-0.4, -0.2) is 4.57 Å². The van der Waals surface area contributed by atoms with Gasteiger partial charge in [-0.1, -0.05) is 166 Å². The second kappa shape index (κ2) is 13.4. The molecule has 0 bridgehead atoms. The fourth-order valence-corrected chi connectivity index (χ4v) is 8.97. The highest BCUT2D eigenvalue weighted by molar-refractivity contribution is 6.06. The number of rotatable bonds is 7. The van der Waals surface area contributed by atoms with Gasteiger partial charge in [-0.3, -0.25) is 0 Å². The Hall–Kier alpha value is -6.90. The summed E-state index contributed by atoms with van der Waals surface area (Å²) in [5.74, 6) is 0. The van der Waals surface area contributed by atoms with Crippen molar-refractivity contribution in [2.24, 2.45) is 7.05 Å². The normalized spacial score (nSPS) is 12.7. The van der Waals surface area contributed by atoms with Crippen molar-refractivity contribution in [2.75, 3.05) is 4.90 Å². The molecular weight excluding hydrogens is 677 g/mol. The molecule has 8 aromatic carbocycles. The van der Waals surface area contributed by atoms with Gasteiger partial charge in [0.15, 0.2) is 0 Å². The van der Waals surface area contributed by atoms with E-state index in [1.807, 2.05) is 0 Å². The van der Waals surface area contributed by atoms with Crippen LogP contribution in [0.4, 0.5) is 17.1 Å². The number of hydrogen-bond acceptors (Lipinski definition) is 1. The maximum absolute atomic E-state index is 2.41. The molecule has 0 radical (unpaired) electrons. The van der Waals surface area contributed by atoms with Crippen molar-refractivity contribution >= 4 is 28.0 Å². The van der Waals surface area contributed by atoms with Gasteiger partial charge >= 0.3 is 0 Å². The first-order valence-corrected chi connectivity index (χ1v) is 19.5. The lowest BCUT2D eigenvalue weighted by Gasteiger charge is -2.28. The van der Waals surface area contributed by atoms with E-state index in [0.29, 0.717) is 0 Å². The molecule has 0 amide bonds. The van der Waals surface area contributed by atoms with E-state index in [2.05, 4.69) is 231 Å². The van der Waals surface area contributed by atoms with Crippen LogP contribution >= 0.6 is 0 Å². The molecule has 2 heteroatoms. The number of fused-ring (bicyclic) bond motifs is 4. The Morgan fingerprint density at radius 1 is 0.393 bits per heavy atom. The third-order valence-electron chi connectivity index (χ3n) is 11.8. The molecule has 2 nitrogen and oxygen atoms in total. The van der Waals surface area contributed by atoms with E-state index in [0.717, 1.165) is 17.1 Å². The summed E-state index contributed by atoms with van der Waals surface area (Å²) in [6.45, 7) is 4.70. The van der Waals surface area contributed by atoms with Crippen LogP contribution in [0, 0.1) is 0 Å². The monoisotopic (exact) mass is 718 g/mol. The quantitative estimate of drug-likeness (QED) is 0.159. The molecule has 0 saturated carbocycles. The lowest BCUT2D eigenvalue weighted by atomic mass is 9.82. The summed E-state index contributed by atoms with van der Waals surface area (Å²) < 4.78 is 2.34. The van der Waals surface area contributed by atoms with E-state index in [-0.39, 0.29) is 5.41 Å². The molecule has 10 rings (SSSR count). The summed E-state index contributed by atoms with van der Waals surface area (Å²) in [4.78, 5) is 2.40. The minimum atomic E-state index is -0.0936. The van der Waals surface area contributed by atoms with E-state index in [1.54, 1.807) is 0 Å². The lowest BCUT2D eigenvalue weighted by Crippen LogP contribution is -2.16. The average Bonchev–Trinajstić information content (AvgIpc) is 3.68. The summed E-state index contributed by atoms with van der Waals surface area (Å²) in [5.41, 5.74) is 19.7. The number of benzene rings is 8. The Morgan fingerprint density at radius 2 is 0.875 bits per heavy atom. The second-order valence-corrected chi connectivity index (χ2v) is 15.4. The molecule has 1 heterocycles. The SMILES string of the molecule is Cn1c(-c2ccccc2)c(-c2ccccc2)c2cc(-c3ccc(N(c4ccc(-c5ccccc5)cc4)c4ccc5c(c4)C(C)(C)c4ccccc4-5)cc3)ccc21. The molecular formula is C54H42N2. The summed E-state index contributed by atoms with van der Waals surface area (Å²) in [5, 5.41) is 1.25. The van der Waals surface area contributed by atoms with Gasteiger partial charge in [0.05, 0.1) is 5.69 Å².